The fourth-order valence-electron chi connectivity index (χ4n) is 3.85. The second-order valence-corrected chi connectivity index (χ2v) is 7.87. The van der Waals surface area contributed by atoms with Crippen molar-refractivity contribution in [2.75, 3.05) is 0 Å². The average molecular weight is 436 g/mol. The number of hydrogen-bond acceptors (Lipinski definition) is 5. The predicted molar refractivity (Wildman–Crippen MR) is 112 cm³/mol. The highest BCUT2D eigenvalue weighted by Gasteiger charge is 2.32. The topological polar surface area (TPSA) is 101 Å². The maximum absolute atomic E-state index is 14.8. The number of carboxylic acid groups (broad SMARTS) is 1. The van der Waals surface area contributed by atoms with E-state index in [0.717, 1.165) is 0 Å². The van der Waals surface area contributed by atoms with Crippen LogP contribution in [0.15, 0.2) is 48.8 Å². The van der Waals surface area contributed by atoms with Gasteiger partial charge < -0.3 is 14.8 Å². The van der Waals surface area contributed by atoms with Crippen LogP contribution in [0.5, 0.6) is 6.01 Å². The van der Waals surface area contributed by atoms with Crippen LogP contribution in [0, 0.1) is 17.6 Å². The van der Waals surface area contributed by atoms with Crippen LogP contribution in [0.2, 0.25) is 0 Å². The second-order valence-electron chi connectivity index (χ2n) is 7.87. The van der Waals surface area contributed by atoms with Crippen LogP contribution in [-0.4, -0.2) is 37.1 Å². The lowest BCUT2D eigenvalue weighted by molar-refractivity contribution is -0.139. The van der Waals surface area contributed by atoms with Crippen LogP contribution in [0.1, 0.15) is 19.3 Å². The van der Waals surface area contributed by atoms with Gasteiger partial charge in [0.1, 0.15) is 23.6 Å². The number of H-pyrrole nitrogens is 1. The van der Waals surface area contributed by atoms with E-state index >= 15 is 0 Å². The van der Waals surface area contributed by atoms with Gasteiger partial charge in [0.15, 0.2) is 0 Å². The molecule has 0 bridgehead atoms. The Morgan fingerprint density at radius 3 is 2.59 bits per heavy atom. The minimum Gasteiger partial charge on any atom is -0.481 e. The molecule has 4 aromatic rings. The van der Waals surface area contributed by atoms with Crippen molar-refractivity contribution >= 4 is 17.0 Å². The van der Waals surface area contributed by atoms with Crippen molar-refractivity contribution in [3.8, 4) is 28.5 Å². The first kappa shape index (κ1) is 20.0. The quantitative estimate of drug-likeness (QED) is 0.458. The van der Waals surface area contributed by atoms with Crippen LogP contribution < -0.4 is 4.74 Å². The van der Waals surface area contributed by atoms with Crippen LogP contribution >= 0.6 is 0 Å². The molecule has 0 saturated heterocycles. The van der Waals surface area contributed by atoms with Gasteiger partial charge in [0.2, 0.25) is 0 Å². The number of aromatic nitrogens is 4. The zero-order chi connectivity index (χ0) is 22.2. The molecule has 2 aromatic heterocycles. The maximum Gasteiger partial charge on any atom is 0.316 e. The number of ether oxygens (including phenoxy) is 1. The van der Waals surface area contributed by atoms with Crippen LogP contribution in [0.25, 0.3) is 33.5 Å². The molecular formula is C23H18F2N4O3. The Morgan fingerprint density at radius 1 is 1.09 bits per heavy atom. The number of imidazole rings is 1. The first-order chi connectivity index (χ1) is 15.4. The molecular weight excluding hydrogens is 418 g/mol. The zero-order valence-corrected chi connectivity index (χ0v) is 16.8. The Hall–Kier alpha value is -3.88. The van der Waals surface area contributed by atoms with Gasteiger partial charge in [0, 0.05) is 30.4 Å². The van der Waals surface area contributed by atoms with E-state index in [9.17, 15) is 13.6 Å². The molecule has 2 heterocycles. The molecule has 162 valence electrons. The number of carboxylic acids is 1. The standard InChI is InChI=1S/C23H18F2N4O3/c24-15-2-4-19-20(9-15)29-22(28-19)17-3-1-13(8-18(17)25)14-10-26-23(27-11-14)32-16-5-12(6-16)7-21(30)31/h1-4,8-12,16H,5-7H2,(H,28,29)(H,30,31)/t12-,16+. The van der Waals surface area contributed by atoms with Crippen LogP contribution in [0.4, 0.5) is 8.78 Å². The molecule has 7 nitrogen and oxygen atoms in total. The van der Waals surface area contributed by atoms with Crippen molar-refractivity contribution in [1.29, 1.82) is 0 Å². The fraction of sp³-hybridized carbons (Fsp3) is 0.217. The second kappa shape index (κ2) is 7.99. The Balaban J connectivity index is 1.29. The normalized spacial score (nSPS) is 17.8. The van der Waals surface area contributed by atoms with Gasteiger partial charge in [-0.25, -0.2) is 23.7 Å². The predicted octanol–water partition coefficient (Wildman–Crippen LogP) is 4.60. The SMILES string of the molecule is O=C(O)C[C@H]1C[C@@H](Oc2ncc(-c3ccc(-c4nc5cc(F)ccc5[nH]4)c(F)c3)cn2)C1. The molecule has 0 spiro atoms. The highest BCUT2D eigenvalue weighted by molar-refractivity contribution is 5.80. The molecule has 5 rings (SSSR count). The van der Waals surface area contributed by atoms with Gasteiger partial charge in [-0.15, -0.1) is 0 Å². The number of aliphatic carboxylic acids is 1. The number of benzene rings is 2. The van der Waals surface area contributed by atoms with E-state index in [1.807, 2.05) is 0 Å². The minimum absolute atomic E-state index is 0.0841. The van der Waals surface area contributed by atoms with E-state index < -0.39 is 17.6 Å². The average Bonchev–Trinajstić information content (AvgIpc) is 3.15. The third-order valence-electron chi connectivity index (χ3n) is 5.56. The van der Waals surface area contributed by atoms with Gasteiger partial charge in [-0.1, -0.05) is 6.07 Å². The third-order valence-corrected chi connectivity index (χ3v) is 5.56. The van der Waals surface area contributed by atoms with Crippen LogP contribution in [-0.2, 0) is 4.79 Å². The van der Waals surface area contributed by atoms with Gasteiger partial charge in [-0.05, 0) is 48.6 Å². The van der Waals surface area contributed by atoms with Crippen molar-refractivity contribution in [3.63, 3.8) is 0 Å². The molecule has 1 fully saturated rings. The molecule has 0 aliphatic heterocycles. The summed E-state index contributed by atoms with van der Waals surface area (Å²) in [6, 6.07) is 9.07. The van der Waals surface area contributed by atoms with Gasteiger partial charge in [0.05, 0.1) is 16.6 Å². The summed E-state index contributed by atoms with van der Waals surface area (Å²) in [6.07, 6.45) is 4.49. The van der Waals surface area contributed by atoms with Gasteiger partial charge in [-0.2, -0.15) is 0 Å². The monoisotopic (exact) mass is 436 g/mol. The third kappa shape index (κ3) is 4.01. The number of nitrogens with one attached hydrogen (secondary N) is 1. The Labute approximate surface area is 181 Å². The smallest absolute Gasteiger partial charge is 0.316 e. The lowest BCUT2D eigenvalue weighted by atomic mass is 9.80. The van der Waals surface area contributed by atoms with Gasteiger partial charge in [-0.3, -0.25) is 4.79 Å². The summed E-state index contributed by atoms with van der Waals surface area (Å²) >= 11 is 0. The number of fused-ring (bicyclic) bond motifs is 1. The van der Waals surface area contributed by atoms with Crippen molar-refractivity contribution in [1.82, 2.24) is 19.9 Å². The lowest BCUT2D eigenvalue weighted by Gasteiger charge is -2.33. The number of carbonyl (C=O) groups is 1. The largest absolute Gasteiger partial charge is 0.481 e. The molecule has 1 aliphatic carbocycles. The Bertz CT molecular complexity index is 1300. The maximum atomic E-state index is 14.8. The van der Waals surface area contributed by atoms with E-state index in [-0.39, 0.29) is 30.0 Å². The first-order valence-corrected chi connectivity index (χ1v) is 10.1. The number of hydrogen-bond donors (Lipinski definition) is 2. The van der Waals surface area contributed by atoms with E-state index in [2.05, 4.69) is 19.9 Å². The van der Waals surface area contributed by atoms with E-state index in [1.165, 1.54) is 18.2 Å². The molecule has 2 aromatic carbocycles. The molecule has 0 atom stereocenters. The highest BCUT2D eigenvalue weighted by atomic mass is 19.1. The molecule has 1 saturated carbocycles. The van der Waals surface area contributed by atoms with Gasteiger partial charge in [0.25, 0.3) is 0 Å². The number of rotatable bonds is 6. The summed E-state index contributed by atoms with van der Waals surface area (Å²) in [6.45, 7) is 0. The molecule has 32 heavy (non-hydrogen) atoms. The lowest BCUT2D eigenvalue weighted by Crippen LogP contribution is -2.35. The van der Waals surface area contributed by atoms with Crippen molar-refractivity contribution in [2.24, 2.45) is 5.92 Å². The summed E-state index contributed by atoms with van der Waals surface area (Å²) in [5.41, 5.74) is 2.52. The van der Waals surface area contributed by atoms with E-state index in [1.54, 1.807) is 30.6 Å². The summed E-state index contributed by atoms with van der Waals surface area (Å²) in [4.78, 5) is 26.3. The molecule has 2 N–H and O–H groups in total. The van der Waals surface area contributed by atoms with Crippen molar-refractivity contribution in [2.45, 2.75) is 25.4 Å². The number of nitrogens with zero attached hydrogens (tertiary/aromatic N) is 3. The molecule has 9 heteroatoms. The number of aromatic amines is 1. The summed E-state index contributed by atoms with van der Waals surface area (Å²) < 4.78 is 33.9. The zero-order valence-electron chi connectivity index (χ0n) is 16.8. The van der Waals surface area contributed by atoms with E-state index in [0.29, 0.717) is 40.8 Å². The van der Waals surface area contributed by atoms with Crippen LogP contribution in [0.3, 0.4) is 0 Å². The highest BCUT2D eigenvalue weighted by Crippen LogP contribution is 2.33. The van der Waals surface area contributed by atoms with Crippen molar-refractivity contribution < 1.29 is 23.4 Å². The van der Waals surface area contributed by atoms with Gasteiger partial charge >= 0.3 is 12.0 Å². The number of halogens is 2. The Morgan fingerprint density at radius 2 is 1.88 bits per heavy atom. The molecule has 0 unspecified atom stereocenters. The Kier molecular flexibility index (Phi) is 5.01. The first-order valence-electron chi connectivity index (χ1n) is 10.1. The molecule has 0 amide bonds. The minimum atomic E-state index is -0.804. The fourth-order valence-corrected chi connectivity index (χ4v) is 3.85. The van der Waals surface area contributed by atoms with E-state index in [4.69, 9.17) is 9.84 Å². The summed E-state index contributed by atoms with van der Waals surface area (Å²) in [7, 11) is 0. The molecule has 0 radical (unpaired) electrons. The summed E-state index contributed by atoms with van der Waals surface area (Å²) in [5.74, 6) is -1.25. The molecule has 1 aliphatic rings. The summed E-state index contributed by atoms with van der Waals surface area (Å²) in [5, 5.41) is 8.80. The van der Waals surface area contributed by atoms with Crippen molar-refractivity contribution in [3.05, 3.63) is 60.4 Å².